The number of aryl methyl sites for hydroxylation is 1. The zero-order chi connectivity index (χ0) is 14.4. The van der Waals surface area contributed by atoms with Gasteiger partial charge in [0.15, 0.2) is 0 Å². The number of nitrogens with two attached hydrogens (primary N) is 1. The molecule has 0 aliphatic rings. The van der Waals surface area contributed by atoms with Gasteiger partial charge in [-0.2, -0.15) is 0 Å². The van der Waals surface area contributed by atoms with E-state index in [0.29, 0.717) is 17.8 Å². The average Bonchev–Trinajstić information content (AvgIpc) is 2.40. The van der Waals surface area contributed by atoms with Crippen molar-refractivity contribution in [3.05, 3.63) is 11.4 Å². The molecule has 1 aromatic heterocycles. The number of rotatable bonds is 7. The maximum atomic E-state index is 5.51. The van der Waals surface area contributed by atoms with E-state index in [1.165, 1.54) is 6.42 Å². The first-order valence-electron chi connectivity index (χ1n) is 7.12. The molecule has 0 radical (unpaired) electrons. The van der Waals surface area contributed by atoms with E-state index in [4.69, 9.17) is 5.84 Å². The van der Waals surface area contributed by atoms with Crippen molar-refractivity contribution in [1.82, 2.24) is 9.97 Å². The van der Waals surface area contributed by atoms with Crippen LogP contribution in [0.1, 0.15) is 51.9 Å². The lowest BCUT2D eigenvalue weighted by molar-refractivity contribution is 0.483. The third-order valence-electron chi connectivity index (χ3n) is 3.48. The van der Waals surface area contributed by atoms with Gasteiger partial charge in [0.1, 0.15) is 17.5 Å². The van der Waals surface area contributed by atoms with Gasteiger partial charge in [-0.25, -0.2) is 15.8 Å². The summed E-state index contributed by atoms with van der Waals surface area (Å²) in [5, 5.41) is 3.48. The van der Waals surface area contributed by atoms with Crippen LogP contribution in [0.5, 0.6) is 0 Å². The molecule has 0 amide bonds. The molecule has 19 heavy (non-hydrogen) atoms. The zero-order valence-electron chi connectivity index (χ0n) is 12.7. The Morgan fingerprint density at radius 2 is 1.79 bits per heavy atom. The molecule has 0 saturated heterocycles. The van der Waals surface area contributed by atoms with Gasteiger partial charge in [0.05, 0.1) is 0 Å². The minimum atomic E-state index is 0.388. The second-order valence-electron chi connectivity index (χ2n) is 5.25. The number of anilines is 2. The van der Waals surface area contributed by atoms with Crippen molar-refractivity contribution >= 4 is 11.6 Å². The summed E-state index contributed by atoms with van der Waals surface area (Å²) in [6.45, 7) is 10.7. The number of aromatic nitrogens is 2. The van der Waals surface area contributed by atoms with E-state index in [2.05, 4.69) is 41.5 Å². The fraction of sp³-hybridized carbons (Fsp3) is 0.714. The molecule has 1 heterocycles. The second kappa shape index (κ2) is 7.28. The summed E-state index contributed by atoms with van der Waals surface area (Å²) in [5.41, 5.74) is 3.61. The van der Waals surface area contributed by atoms with Gasteiger partial charge in [-0.05, 0) is 26.2 Å². The Morgan fingerprint density at radius 1 is 1.16 bits per heavy atom. The summed E-state index contributed by atoms with van der Waals surface area (Å²) >= 11 is 0. The molecule has 108 valence electrons. The highest BCUT2D eigenvalue weighted by molar-refractivity contribution is 5.57. The topological polar surface area (TPSA) is 75.9 Å². The number of hydrazine groups is 1. The number of hydrogen-bond acceptors (Lipinski definition) is 5. The molecule has 1 rings (SSSR count). The van der Waals surface area contributed by atoms with E-state index >= 15 is 0 Å². The van der Waals surface area contributed by atoms with Gasteiger partial charge in [0.2, 0.25) is 0 Å². The highest BCUT2D eigenvalue weighted by atomic mass is 15.3. The lowest BCUT2D eigenvalue weighted by Crippen LogP contribution is -2.21. The molecule has 1 aromatic rings. The largest absolute Gasteiger partial charge is 0.367 e. The van der Waals surface area contributed by atoms with Crippen molar-refractivity contribution in [2.45, 2.75) is 59.9 Å². The van der Waals surface area contributed by atoms with Crippen LogP contribution in [0.2, 0.25) is 0 Å². The van der Waals surface area contributed by atoms with Gasteiger partial charge in [0.25, 0.3) is 0 Å². The Labute approximate surface area is 116 Å². The minimum Gasteiger partial charge on any atom is -0.367 e. The first kappa shape index (κ1) is 15.7. The lowest BCUT2D eigenvalue weighted by atomic mass is 10.0. The Morgan fingerprint density at radius 3 is 2.32 bits per heavy atom. The van der Waals surface area contributed by atoms with Gasteiger partial charge in [0, 0.05) is 18.0 Å². The van der Waals surface area contributed by atoms with Crippen molar-refractivity contribution < 1.29 is 0 Å². The van der Waals surface area contributed by atoms with Crippen LogP contribution in [-0.4, -0.2) is 16.0 Å². The zero-order valence-corrected chi connectivity index (χ0v) is 12.7. The van der Waals surface area contributed by atoms with Crippen LogP contribution in [0.15, 0.2) is 0 Å². The molecule has 0 bridgehead atoms. The summed E-state index contributed by atoms with van der Waals surface area (Å²) in [4.78, 5) is 8.92. The van der Waals surface area contributed by atoms with Crippen molar-refractivity contribution in [3.63, 3.8) is 0 Å². The molecule has 0 spiro atoms. The molecule has 5 nitrogen and oxygen atoms in total. The van der Waals surface area contributed by atoms with E-state index in [9.17, 15) is 0 Å². The fourth-order valence-corrected chi connectivity index (χ4v) is 2.06. The molecule has 2 atom stereocenters. The van der Waals surface area contributed by atoms with Gasteiger partial charge in [-0.15, -0.1) is 0 Å². The first-order valence-corrected chi connectivity index (χ1v) is 7.12. The van der Waals surface area contributed by atoms with Crippen LogP contribution in [0, 0.1) is 12.8 Å². The van der Waals surface area contributed by atoms with E-state index < -0.39 is 0 Å². The molecule has 0 fully saturated rings. The van der Waals surface area contributed by atoms with Crippen molar-refractivity contribution in [2.75, 3.05) is 10.7 Å². The highest BCUT2D eigenvalue weighted by Crippen LogP contribution is 2.21. The van der Waals surface area contributed by atoms with Crippen molar-refractivity contribution in [3.8, 4) is 0 Å². The molecule has 5 heteroatoms. The maximum Gasteiger partial charge on any atom is 0.148 e. The minimum absolute atomic E-state index is 0.388. The van der Waals surface area contributed by atoms with Crippen LogP contribution < -0.4 is 16.6 Å². The van der Waals surface area contributed by atoms with Crippen molar-refractivity contribution in [2.24, 2.45) is 11.8 Å². The van der Waals surface area contributed by atoms with E-state index in [1.54, 1.807) is 0 Å². The smallest absolute Gasteiger partial charge is 0.148 e. The Bertz CT molecular complexity index is 405. The second-order valence-corrected chi connectivity index (χ2v) is 5.25. The predicted molar refractivity (Wildman–Crippen MR) is 81.1 cm³/mol. The van der Waals surface area contributed by atoms with Crippen LogP contribution in [0.3, 0.4) is 0 Å². The number of nitrogens with zero attached hydrogens (tertiary/aromatic N) is 2. The van der Waals surface area contributed by atoms with Crippen LogP contribution in [0.25, 0.3) is 0 Å². The third-order valence-corrected chi connectivity index (χ3v) is 3.48. The number of nitrogens with one attached hydrogen (secondary N) is 2. The predicted octanol–water partition coefficient (Wildman–Crippen LogP) is 2.87. The first-order chi connectivity index (χ1) is 9.01. The maximum absolute atomic E-state index is 5.51. The normalized spacial score (nSPS) is 14.0. The van der Waals surface area contributed by atoms with E-state index in [-0.39, 0.29) is 0 Å². The average molecular weight is 265 g/mol. The molecule has 0 aromatic carbocycles. The van der Waals surface area contributed by atoms with Gasteiger partial charge >= 0.3 is 0 Å². The lowest BCUT2D eigenvalue weighted by Gasteiger charge is -2.20. The van der Waals surface area contributed by atoms with Crippen molar-refractivity contribution in [1.29, 1.82) is 0 Å². The summed E-state index contributed by atoms with van der Waals surface area (Å²) < 4.78 is 0. The SMILES string of the molecule is CCc1nc(NN)c(C)c(NC(C)CC(C)CC)n1. The molecule has 0 aliphatic carbocycles. The number of nitrogen functional groups attached to an aromatic ring is 1. The summed E-state index contributed by atoms with van der Waals surface area (Å²) in [6.07, 6.45) is 3.13. The molecule has 2 unspecified atom stereocenters. The van der Waals surface area contributed by atoms with Crippen LogP contribution in [-0.2, 0) is 6.42 Å². The molecule has 0 aliphatic heterocycles. The van der Waals surface area contributed by atoms with Gasteiger partial charge < -0.3 is 10.7 Å². The Kier molecular flexibility index (Phi) is 6.02. The number of hydrogen-bond donors (Lipinski definition) is 3. The molecule has 0 saturated carbocycles. The molecular weight excluding hydrogens is 238 g/mol. The van der Waals surface area contributed by atoms with E-state index in [0.717, 1.165) is 30.0 Å². The van der Waals surface area contributed by atoms with Crippen LogP contribution >= 0.6 is 0 Å². The Hall–Kier alpha value is -1.36. The highest BCUT2D eigenvalue weighted by Gasteiger charge is 2.13. The third kappa shape index (κ3) is 4.35. The monoisotopic (exact) mass is 265 g/mol. The summed E-state index contributed by atoms with van der Waals surface area (Å²) in [7, 11) is 0. The summed E-state index contributed by atoms with van der Waals surface area (Å²) in [6, 6.07) is 0.388. The molecular formula is C14H27N5. The quantitative estimate of drug-likeness (QED) is 0.522. The van der Waals surface area contributed by atoms with E-state index in [1.807, 2.05) is 13.8 Å². The Balaban J connectivity index is 2.87. The summed E-state index contributed by atoms with van der Waals surface area (Å²) in [5.74, 6) is 8.61. The fourth-order valence-electron chi connectivity index (χ4n) is 2.06. The standard InChI is InChI=1S/C14H27N5/c1-6-9(3)8-10(4)16-13-11(5)14(19-15)18-12(7-2)17-13/h9-10H,6-8,15H2,1-5H3,(H2,16,17,18,19). The van der Waals surface area contributed by atoms with Gasteiger partial charge in [-0.1, -0.05) is 27.2 Å². The van der Waals surface area contributed by atoms with Crippen LogP contribution in [0.4, 0.5) is 11.6 Å². The molecule has 4 N–H and O–H groups in total. The van der Waals surface area contributed by atoms with Gasteiger partial charge in [-0.3, -0.25) is 0 Å².